The van der Waals surface area contributed by atoms with Gasteiger partial charge in [-0.3, -0.25) is 33.8 Å². The predicted octanol–water partition coefficient (Wildman–Crippen LogP) is 11.3. The van der Waals surface area contributed by atoms with Gasteiger partial charge in [0.25, 0.3) is 6.47 Å². The topological polar surface area (TPSA) is 256 Å². The summed E-state index contributed by atoms with van der Waals surface area (Å²) >= 11 is 18.1. The number of cyclic esters (lactones) is 1. The van der Waals surface area contributed by atoms with E-state index < -0.39 is 17.1 Å². The van der Waals surface area contributed by atoms with Crippen molar-refractivity contribution in [1.82, 2.24) is 10.2 Å². The van der Waals surface area contributed by atoms with Gasteiger partial charge in [0.1, 0.15) is 5.60 Å². The Morgan fingerprint density at radius 1 is 0.623 bits per heavy atom. The molecule has 1 heterocycles. The van der Waals surface area contributed by atoms with Crippen molar-refractivity contribution < 1.29 is 184 Å². The summed E-state index contributed by atoms with van der Waals surface area (Å²) in [5.74, 6) is 0.493. The van der Waals surface area contributed by atoms with Crippen molar-refractivity contribution in [2.24, 2.45) is 0 Å². The number of nitrogens with one attached hydrogen (secondary N) is 2. The van der Waals surface area contributed by atoms with Crippen molar-refractivity contribution in [3.8, 4) is 0 Å². The van der Waals surface area contributed by atoms with E-state index in [0.29, 0.717) is 43.6 Å². The molecular formula is C84H96Br5Cl3K2MgN6O13. The number of anilines is 4. The van der Waals surface area contributed by atoms with Crippen LogP contribution in [0.3, 0.4) is 0 Å². The molecule has 10 rings (SSSR count). The van der Waals surface area contributed by atoms with Gasteiger partial charge in [0.2, 0.25) is 0 Å². The fourth-order valence-electron chi connectivity index (χ4n) is 9.00. The summed E-state index contributed by atoms with van der Waals surface area (Å²) in [6.07, 6.45) is 5.16. The third kappa shape index (κ3) is 54.4. The molecular weight excluding hydrogens is 1910 g/mol. The van der Waals surface area contributed by atoms with Crippen molar-refractivity contribution >= 4 is 193 Å². The summed E-state index contributed by atoms with van der Waals surface area (Å²) in [6.45, 7) is 14.0. The maximum atomic E-state index is 12.6. The average Bonchev–Trinajstić information content (AvgIpc) is 0.776. The van der Waals surface area contributed by atoms with Crippen molar-refractivity contribution in [2.45, 2.75) is 44.6 Å². The van der Waals surface area contributed by atoms with E-state index >= 15 is 0 Å². The molecule has 9 aromatic rings. The summed E-state index contributed by atoms with van der Waals surface area (Å²) < 4.78 is 18.4. The second-order valence-electron chi connectivity index (χ2n) is 22.5. The Bertz CT molecular complexity index is 4110. The molecule has 1 unspecified atom stereocenters. The number of carbonyl (C=O) groups is 8. The van der Waals surface area contributed by atoms with E-state index in [-0.39, 0.29) is 218 Å². The third-order valence-electron chi connectivity index (χ3n) is 14.0. The number of amides is 2. The maximum absolute atomic E-state index is 12.6. The van der Waals surface area contributed by atoms with Gasteiger partial charge >= 0.3 is 143 Å². The van der Waals surface area contributed by atoms with Gasteiger partial charge in [-0.05, 0) is 113 Å². The second kappa shape index (κ2) is 74.6. The number of methoxy groups -OCH3 is 2. The minimum atomic E-state index is -0.773. The summed E-state index contributed by atoms with van der Waals surface area (Å²) in [7, 11) is 10.2. The van der Waals surface area contributed by atoms with Gasteiger partial charge in [0, 0.05) is 133 Å². The zero-order chi connectivity index (χ0) is 80.5. The first-order valence-corrected chi connectivity index (χ1v) is 36.8. The Balaban J connectivity index is -0.000000238. The maximum Gasteiger partial charge on any atom is 2.00 e. The van der Waals surface area contributed by atoms with Crippen LogP contribution in [0.2, 0.25) is 0 Å². The van der Waals surface area contributed by atoms with Crippen LogP contribution in [0.25, 0.3) is 0 Å². The average molecular weight is 2010 g/mol. The molecule has 4 N–H and O–H groups in total. The van der Waals surface area contributed by atoms with Crippen molar-refractivity contribution in [3.63, 3.8) is 0 Å². The van der Waals surface area contributed by atoms with Crippen LogP contribution in [0.5, 0.6) is 0 Å². The largest absolute Gasteiger partial charge is 2.00 e. The van der Waals surface area contributed by atoms with E-state index in [0.717, 1.165) is 70.2 Å². The van der Waals surface area contributed by atoms with Gasteiger partial charge in [-0.1, -0.05) is 246 Å². The fraction of sp³-hybridized carbons (Fsp3) is 0.202. The first-order valence-electron chi connectivity index (χ1n) is 33.3. The molecule has 1 aliphatic rings. The smallest absolute Gasteiger partial charge is 1.00 e. The first-order chi connectivity index (χ1) is 51.8. The Morgan fingerprint density at radius 2 is 1.01 bits per heavy atom. The number of nitrogens with two attached hydrogens (primary N) is 1. The standard InChI is InChI=1S/C19H18BrNO2.C17H16BrNO3.C15H14BrNO.C11H15NO.C8H8O.C6H6BrN.C3H5.C2H3ClO2.C2H7N.CH2O3.BrH.2ClH.2K.Mg.H/c1-2-11-19(15-7-4-3-5-8-15)12-13-21(18(22)23-19)17-10-6-9-16(20)14-17;1-22-17(21)19(15-9-5-8-14(18)12-15)11-10-16(20)13-6-3-2-4-7-13;16-13-7-4-8-14(11-13)17-10-9-15(18)12-5-2-1-3-6-12;1-12(2)9-8-11(13)10-6-4-3-5-7-10;1-7(9)8-5-3-2-4-6-8;7-5-2-1-3-6(8)4-5;1-3-2;1-5-2(3)4;1-3-2;2-1-4-3;;;;;;;/h2-10,14H,1,11-13H2;2-9,12H,10-11H2,1H3;1-8,11,17H,9-10H2;3-7H,8-9H2,1-2H3;2-6H,1H3;1-4H,8H2;3H,1-2H2;1H3;3H,1-2H3;1,3H;3*1H;;;;/q;;;;;;-1;;;;;;;2*+1;+2;-1/p-2. The molecule has 114 heavy (non-hydrogen) atoms. The molecule has 1 saturated heterocycles. The van der Waals surface area contributed by atoms with Crippen LogP contribution in [-0.4, -0.2) is 144 Å². The minimum Gasteiger partial charge on any atom is -1.00 e. The van der Waals surface area contributed by atoms with Crippen LogP contribution in [-0.2, 0) is 29.5 Å². The van der Waals surface area contributed by atoms with E-state index in [1.165, 1.54) is 25.2 Å². The van der Waals surface area contributed by atoms with Gasteiger partial charge in [-0.15, -0.1) is 31.4 Å². The van der Waals surface area contributed by atoms with Crippen LogP contribution in [0.4, 0.5) is 37.1 Å². The van der Waals surface area contributed by atoms with Gasteiger partial charge in [-0.2, -0.15) is 0 Å². The molecule has 0 aliphatic carbocycles. The Kier molecular flexibility index (Phi) is 78.6. The number of hydrogen-bond donors (Lipinski definition) is 3. The van der Waals surface area contributed by atoms with E-state index in [1.807, 2.05) is 270 Å². The number of rotatable bonds is 20. The fourth-order valence-corrected chi connectivity index (χ4v) is 10.6. The second-order valence-corrected chi connectivity index (χ2v) is 26.4. The zero-order valence-electron chi connectivity index (χ0n) is 66.4. The molecule has 9 aromatic carbocycles. The minimum absolute atomic E-state index is 0. The molecule has 0 radical (unpaired) electrons. The van der Waals surface area contributed by atoms with E-state index in [9.17, 15) is 33.6 Å². The van der Waals surface area contributed by atoms with Crippen LogP contribution in [0.1, 0.15) is 87.4 Å². The number of halogens is 8. The Hall–Kier alpha value is -4.72. The molecule has 0 aromatic heterocycles. The summed E-state index contributed by atoms with van der Waals surface area (Å²) in [5, 5.41) is 14.4. The number of ether oxygens (including phenoxy) is 3. The van der Waals surface area contributed by atoms with Crippen molar-refractivity contribution in [1.29, 1.82) is 0 Å². The third-order valence-corrected chi connectivity index (χ3v) is 16.1. The van der Waals surface area contributed by atoms with Crippen molar-refractivity contribution in [3.05, 3.63) is 327 Å². The molecule has 0 saturated carbocycles. The number of allylic oxidation sites excluding steroid dienone is 1. The monoisotopic (exact) mass is 2000 g/mol. The molecule has 0 spiro atoms. The molecule has 19 nitrogen and oxygen atoms in total. The quantitative estimate of drug-likeness (QED) is 0.00612. The van der Waals surface area contributed by atoms with Gasteiger partial charge in [-0.25, -0.2) is 34.0 Å². The number of carbonyl (C=O) groups excluding carboxylic acids is 8. The van der Waals surface area contributed by atoms with Crippen LogP contribution in [0.15, 0.2) is 292 Å². The van der Waals surface area contributed by atoms with Crippen molar-refractivity contribution in [2.75, 3.05) is 89.4 Å². The number of benzene rings is 9. The normalized spacial score (nSPS) is 11.0. The van der Waals surface area contributed by atoms with E-state index in [1.54, 1.807) is 30.0 Å². The SMILES string of the molecule is C=CCC1(c2ccccc2)CCN(c2cccc(Br)c2)C(=O)O1.C=C[CH2-].CC(=O)c1ccccc1.CN(C)CCC(=O)c1ccccc1.CNC.COC(=O)Cl.COC(=O)N(CCC(=O)c1ccccc1)c1cccc(Br)c1.Cl.Cl.Nc1cccc(Br)c1.O=C(CCNc1cccc(Br)c1)c1ccccc1.O=CO[O-].[Br-].[H-].[K+].[K+].[Mg+2]. The van der Waals surface area contributed by atoms with Crippen LogP contribution in [0, 0.1) is 6.92 Å². The molecule has 1 fully saturated rings. The van der Waals surface area contributed by atoms with E-state index in [4.69, 9.17) is 25.3 Å². The Labute approximate surface area is 836 Å². The zero-order valence-corrected chi connectivity index (χ0v) is 83.4. The predicted molar refractivity (Wildman–Crippen MR) is 469 cm³/mol. The number of nitrogens with zero attached hydrogens (tertiary/aromatic N) is 3. The van der Waals surface area contributed by atoms with Gasteiger partial charge in [0.05, 0.1) is 14.2 Å². The van der Waals surface area contributed by atoms with Crippen LogP contribution >= 0.6 is 100 Å². The molecule has 2 amide bonds. The van der Waals surface area contributed by atoms with Gasteiger partial charge in [0.15, 0.2) is 23.1 Å². The Morgan fingerprint density at radius 3 is 1.36 bits per heavy atom. The summed E-state index contributed by atoms with van der Waals surface area (Å²) in [5.41, 5.74) is 11.4. The first kappa shape index (κ1) is 120. The van der Waals surface area contributed by atoms with Crippen LogP contribution < -0.4 is 151 Å². The number of Topliss-reactive ketones (excluding diaryl/α,β-unsaturated/α-hetero) is 4. The number of hydrogen-bond acceptors (Lipinski definition) is 17. The molecule has 1 aliphatic heterocycles. The van der Waals surface area contributed by atoms with E-state index in [2.05, 4.69) is 116 Å². The summed E-state index contributed by atoms with van der Waals surface area (Å²) in [6, 6.07) is 77.4. The molecule has 600 valence electrons. The summed E-state index contributed by atoms with van der Waals surface area (Å²) in [4.78, 5) is 96.5. The van der Waals surface area contributed by atoms with Gasteiger partial charge < -0.3 is 64.0 Å². The number of ketones is 4. The number of nitrogen functional groups attached to an aromatic ring is 1. The molecule has 30 heteroatoms. The molecule has 1 atom stereocenters. The molecule has 0 bridgehead atoms.